The molecule has 1 aliphatic heterocycles. The van der Waals surface area contributed by atoms with E-state index in [0.29, 0.717) is 11.5 Å². The van der Waals surface area contributed by atoms with Crippen molar-refractivity contribution >= 4 is 16.7 Å². The van der Waals surface area contributed by atoms with Crippen LogP contribution in [0.2, 0.25) is 0 Å². The lowest BCUT2D eigenvalue weighted by Crippen LogP contribution is -2.32. The standard InChI is InChI=1S/C15H12F3N5/c1-22-13(15(16,17)18)5-4-12-14(22)23(8-19-12)10-2-3-11-9(6-10)7-20-21-11/h2-3,5-8H,4H2,1H3,(H,20,21). The quantitative estimate of drug-likeness (QED) is 0.749. The minimum Gasteiger partial charge on any atom is -0.325 e. The number of imidazole rings is 1. The van der Waals surface area contributed by atoms with E-state index >= 15 is 0 Å². The predicted molar refractivity (Wildman–Crippen MR) is 79.5 cm³/mol. The summed E-state index contributed by atoms with van der Waals surface area (Å²) in [4.78, 5) is 5.40. The smallest absolute Gasteiger partial charge is 0.325 e. The first kappa shape index (κ1) is 13.9. The molecule has 8 heteroatoms. The van der Waals surface area contributed by atoms with Crippen LogP contribution in [0.1, 0.15) is 5.69 Å². The Morgan fingerprint density at radius 1 is 1.26 bits per heavy atom. The Kier molecular flexibility index (Phi) is 2.78. The largest absolute Gasteiger partial charge is 0.431 e. The third kappa shape index (κ3) is 2.09. The van der Waals surface area contributed by atoms with Crippen LogP contribution >= 0.6 is 0 Å². The van der Waals surface area contributed by atoms with E-state index in [1.807, 2.05) is 18.2 Å². The van der Waals surface area contributed by atoms with Crippen molar-refractivity contribution in [3.8, 4) is 5.69 Å². The number of aromatic amines is 1. The summed E-state index contributed by atoms with van der Waals surface area (Å²) >= 11 is 0. The van der Waals surface area contributed by atoms with Crippen molar-refractivity contribution in [2.24, 2.45) is 0 Å². The Morgan fingerprint density at radius 3 is 2.87 bits per heavy atom. The molecule has 0 unspecified atom stereocenters. The fraction of sp³-hybridized carbons (Fsp3) is 0.200. The maximum Gasteiger partial charge on any atom is 0.431 e. The zero-order valence-corrected chi connectivity index (χ0v) is 12.1. The minimum absolute atomic E-state index is 0.162. The predicted octanol–water partition coefficient (Wildman–Crippen LogP) is 3.19. The third-order valence-electron chi connectivity index (χ3n) is 3.98. The molecule has 1 aliphatic rings. The van der Waals surface area contributed by atoms with Gasteiger partial charge in [-0.05, 0) is 24.3 Å². The molecule has 0 saturated heterocycles. The van der Waals surface area contributed by atoms with Crippen molar-refractivity contribution in [2.75, 3.05) is 11.9 Å². The number of rotatable bonds is 1. The molecule has 3 heterocycles. The van der Waals surface area contributed by atoms with E-state index in [2.05, 4.69) is 15.2 Å². The number of alkyl halides is 3. The zero-order chi connectivity index (χ0) is 16.2. The number of aromatic nitrogens is 4. The molecule has 1 aromatic carbocycles. The first-order chi connectivity index (χ1) is 10.9. The number of nitrogens with one attached hydrogen (secondary N) is 1. The van der Waals surface area contributed by atoms with Gasteiger partial charge in [0, 0.05) is 24.5 Å². The van der Waals surface area contributed by atoms with E-state index in [0.717, 1.165) is 21.5 Å². The van der Waals surface area contributed by atoms with Gasteiger partial charge in [-0.2, -0.15) is 18.3 Å². The van der Waals surface area contributed by atoms with Crippen LogP contribution in [0.15, 0.2) is 42.5 Å². The summed E-state index contributed by atoms with van der Waals surface area (Å²) in [5.74, 6) is 0.433. The summed E-state index contributed by atoms with van der Waals surface area (Å²) in [7, 11) is 1.41. The lowest BCUT2D eigenvalue weighted by Gasteiger charge is -2.29. The number of benzene rings is 1. The Bertz CT molecular complexity index is 919. The van der Waals surface area contributed by atoms with Crippen LogP contribution in [0.5, 0.6) is 0 Å². The highest BCUT2D eigenvalue weighted by molar-refractivity contribution is 5.80. The van der Waals surface area contributed by atoms with Crippen LogP contribution in [-0.2, 0) is 6.42 Å². The third-order valence-corrected chi connectivity index (χ3v) is 3.98. The fourth-order valence-electron chi connectivity index (χ4n) is 2.90. The summed E-state index contributed by atoms with van der Waals surface area (Å²) < 4.78 is 41.1. The molecule has 1 N–H and O–H groups in total. The number of anilines is 1. The minimum atomic E-state index is -4.39. The van der Waals surface area contributed by atoms with Crippen LogP contribution in [0.25, 0.3) is 16.6 Å². The Hall–Kier alpha value is -2.77. The Labute approximate surface area is 129 Å². The highest BCUT2D eigenvalue weighted by Gasteiger charge is 2.40. The molecule has 2 aromatic heterocycles. The average Bonchev–Trinajstić information content (AvgIpc) is 3.12. The number of hydrogen-bond donors (Lipinski definition) is 1. The number of hydrogen-bond acceptors (Lipinski definition) is 3. The van der Waals surface area contributed by atoms with Crippen LogP contribution in [0, 0.1) is 0 Å². The van der Waals surface area contributed by atoms with Gasteiger partial charge in [-0.1, -0.05) is 0 Å². The SMILES string of the molecule is CN1C(C(F)(F)F)=CCc2ncn(-c3ccc4[nH]ncc4c3)c21. The normalized spacial score (nSPS) is 15.0. The van der Waals surface area contributed by atoms with Gasteiger partial charge in [0.05, 0.1) is 17.4 Å². The van der Waals surface area contributed by atoms with Crippen LogP contribution < -0.4 is 4.90 Å². The van der Waals surface area contributed by atoms with Crippen molar-refractivity contribution < 1.29 is 13.2 Å². The average molecular weight is 319 g/mol. The van der Waals surface area contributed by atoms with E-state index in [1.54, 1.807) is 17.1 Å². The molecule has 118 valence electrons. The van der Waals surface area contributed by atoms with Crippen LogP contribution in [0.4, 0.5) is 19.0 Å². The van der Waals surface area contributed by atoms with Gasteiger partial charge in [-0.15, -0.1) is 0 Å². The van der Waals surface area contributed by atoms with Crippen LogP contribution in [-0.4, -0.2) is 33.0 Å². The second kappa shape index (κ2) is 4.61. The van der Waals surface area contributed by atoms with Gasteiger partial charge in [-0.3, -0.25) is 9.67 Å². The monoisotopic (exact) mass is 319 g/mol. The molecule has 0 bridgehead atoms. The van der Waals surface area contributed by atoms with Gasteiger partial charge in [0.25, 0.3) is 0 Å². The van der Waals surface area contributed by atoms with Gasteiger partial charge in [-0.25, -0.2) is 4.98 Å². The molecule has 0 saturated carbocycles. The molecule has 0 aliphatic carbocycles. The molecular weight excluding hydrogens is 307 g/mol. The zero-order valence-electron chi connectivity index (χ0n) is 12.1. The van der Waals surface area contributed by atoms with E-state index in [9.17, 15) is 13.2 Å². The molecule has 23 heavy (non-hydrogen) atoms. The van der Waals surface area contributed by atoms with Crippen LogP contribution in [0.3, 0.4) is 0 Å². The summed E-state index contributed by atoms with van der Waals surface area (Å²) in [6.45, 7) is 0. The highest BCUT2D eigenvalue weighted by atomic mass is 19.4. The van der Waals surface area contributed by atoms with Gasteiger partial charge >= 0.3 is 6.18 Å². The maximum absolute atomic E-state index is 13.1. The number of halogens is 3. The molecule has 3 aromatic rings. The number of fused-ring (bicyclic) bond motifs is 2. The molecule has 0 amide bonds. The summed E-state index contributed by atoms with van der Waals surface area (Å²) in [5.41, 5.74) is 1.55. The van der Waals surface area contributed by atoms with Crippen molar-refractivity contribution in [1.29, 1.82) is 0 Å². The summed E-state index contributed by atoms with van der Waals surface area (Å²) in [5, 5.41) is 7.68. The van der Waals surface area contributed by atoms with E-state index in [-0.39, 0.29) is 6.42 Å². The highest BCUT2D eigenvalue weighted by Crippen LogP contribution is 2.37. The maximum atomic E-state index is 13.1. The first-order valence-electron chi connectivity index (χ1n) is 6.96. The molecule has 5 nitrogen and oxygen atoms in total. The fourth-order valence-corrected chi connectivity index (χ4v) is 2.90. The topological polar surface area (TPSA) is 49.7 Å². The van der Waals surface area contributed by atoms with E-state index in [4.69, 9.17) is 0 Å². The van der Waals surface area contributed by atoms with Crippen molar-refractivity contribution in [3.63, 3.8) is 0 Å². The lowest BCUT2D eigenvalue weighted by atomic mass is 10.1. The molecule has 0 spiro atoms. The van der Waals surface area contributed by atoms with Crippen molar-refractivity contribution in [1.82, 2.24) is 19.7 Å². The van der Waals surface area contributed by atoms with Gasteiger partial charge in [0.2, 0.25) is 0 Å². The van der Waals surface area contributed by atoms with Gasteiger partial charge in [0.15, 0.2) is 0 Å². The molecule has 4 rings (SSSR count). The molecule has 0 fully saturated rings. The number of nitrogens with zero attached hydrogens (tertiary/aromatic N) is 4. The summed E-state index contributed by atoms with van der Waals surface area (Å²) in [6, 6.07) is 5.52. The Morgan fingerprint density at radius 2 is 2.09 bits per heavy atom. The molecular formula is C15H12F3N5. The van der Waals surface area contributed by atoms with Crippen molar-refractivity contribution in [3.05, 3.63) is 48.2 Å². The lowest BCUT2D eigenvalue weighted by molar-refractivity contribution is -0.0934. The second-order valence-electron chi connectivity index (χ2n) is 5.38. The number of H-pyrrole nitrogens is 1. The van der Waals surface area contributed by atoms with Gasteiger partial charge in [0.1, 0.15) is 17.8 Å². The van der Waals surface area contributed by atoms with Crippen molar-refractivity contribution in [2.45, 2.75) is 12.6 Å². The Balaban J connectivity index is 1.83. The number of allylic oxidation sites excluding steroid dienone is 2. The molecule has 0 radical (unpaired) electrons. The second-order valence-corrected chi connectivity index (χ2v) is 5.38. The van der Waals surface area contributed by atoms with E-state index in [1.165, 1.54) is 13.1 Å². The first-order valence-corrected chi connectivity index (χ1v) is 6.96. The van der Waals surface area contributed by atoms with E-state index < -0.39 is 11.9 Å². The van der Waals surface area contributed by atoms with Gasteiger partial charge < -0.3 is 4.90 Å². The summed E-state index contributed by atoms with van der Waals surface area (Å²) in [6.07, 6.45) is 0.160. The molecule has 0 atom stereocenters.